The predicted octanol–water partition coefficient (Wildman–Crippen LogP) is 0.677. The van der Waals surface area contributed by atoms with Crippen molar-refractivity contribution in [3.8, 4) is 5.88 Å². The van der Waals surface area contributed by atoms with Crippen molar-refractivity contribution < 1.29 is 5.11 Å². The average molecular weight is 198 g/mol. The van der Waals surface area contributed by atoms with Crippen molar-refractivity contribution in [3.05, 3.63) is 27.6 Å². The summed E-state index contributed by atoms with van der Waals surface area (Å²) in [6, 6.07) is 2.74. The van der Waals surface area contributed by atoms with E-state index in [1.54, 1.807) is 0 Å². The normalized spacial score (nSPS) is 10.5. The Morgan fingerprint density at radius 3 is 2.92 bits per heavy atom. The van der Waals surface area contributed by atoms with Crippen LogP contribution in [0, 0.1) is 0 Å². The fourth-order valence-corrected chi connectivity index (χ4v) is 1.18. The lowest BCUT2D eigenvalue weighted by Crippen LogP contribution is -2.03. The molecule has 0 radical (unpaired) electrons. The van der Waals surface area contributed by atoms with E-state index in [-0.39, 0.29) is 16.5 Å². The lowest BCUT2D eigenvalue weighted by atomic mass is 10.3. The number of fused-ring (bicyclic) bond motifs is 1. The zero-order valence-corrected chi connectivity index (χ0v) is 7.04. The molecule has 2 aromatic rings. The van der Waals surface area contributed by atoms with Gasteiger partial charge in [-0.25, -0.2) is 0 Å². The maximum absolute atomic E-state index is 10.9. The molecular weight excluding hydrogens is 194 g/mol. The first-order chi connectivity index (χ1) is 6.16. The molecule has 2 heterocycles. The van der Waals surface area contributed by atoms with E-state index in [1.807, 2.05) is 0 Å². The number of nitrogens with zero attached hydrogens (tertiary/aromatic N) is 2. The molecule has 0 fully saturated rings. The molecule has 0 aromatic carbocycles. The molecule has 0 spiro atoms. The Kier molecular flexibility index (Phi) is 1.66. The number of H-pyrrole nitrogens is 1. The van der Waals surface area contributed by atoms with Gasteiger partial charge in [-0.3, -0.25) is 9.78 Å². The zero-order valence-electron chi connectivity index (χ0n) is 6.28. The van der Waals surface area contributed by atoms with Crippen LogP contribution in [0.2, 0.25) is 5.15 Å². The monoisotopic (exact) mass is 197 g/mol. The molecule has 13 heavy (non-hydrogen) atoms. The summed E-state index contributed by atoms with van der Waals surface area (Å²) in [4.78, 5) is 13.1. The van der Waals surface area contributed by atoms with Gasteiger partial charge in [-0.15, -0.1) is 10.2 Å². The van der Waals surface area contributed by atoms with Gasteiger partial charge in [0.2, 0.25) is 5.88 Å². The molecular formula is C7H4ClN3O2. The van der Waals surface area contributed by atoms with Crippen molar-refractivity contribution in [2.75, 3.05) is 0 Å². The number of aromatic hydroxyl groups is 1. The highest BCUT2D eigenvalue weighted by Gasteiger charge is 2.04. The van der Waals surface area contributed by atoms with Gasteiger partial charge in [0.05, 0.1) is 0 Å². The van der Waals surface area contributed by atoms with Crippen LogP contribution in [0.4, 0.5) is 0 Å². The van der Waals surface area contributed by atoms with E-state index in [4.69, 9.17) is 11.6 Å². The van der Waals surface area contributed by atoms with E-state index < -0.39 is 5.56 Å². The summed E-state index contributed by atoms with van der Waals surface area (Å²) < 4.78 is 0. The van der Waals surface area contributed by atoms with Crippen LogP contribution in [-0.2, 0) is 0 Å². The van der Waals surface area contributed by atoms with Crippen molar-refractivity contribution in [3.63, 3.8) is 0 Å². The second-order valence-electron chi connectivity index (χ2n) is 2.45. The highest BCUT2D eigenvalue weighted by Crippen LogP contribution is 2.18. The smallest absolute Gasteiger partial charge is 0.251 e. The van der Waals surface area contributed by atoms with Crippen LogP contribution >= 0.6 is 11.6 Å². The van der Waals surface area contributed by atoms with Crippen LogP contribution in [0.25, 0.3) is 10.9 Å². The number of halogens is 1. The molecule has 2 aromatic heterocycles. The zero-order chi connectivity index (χ0) is 9.42. The quantitative estimate of drug-likeness (QED) is 0.651. The number of hydrogen-bond acceptors (Lipinski definition) is 4. The Balaban J connectivity index is 2.94. The molecule has 0 saturated carbocycles. The first-order valence-electron chi connectivity index (χ1n) is 3.42. The Bertz CT molecular complexity index is 523. The summed E-state index contributed by atoms with van der Waals surface area (Å²) in [5, 5.41) is 17.0. The molecule has 0 atom stereocenters. The molecule has 6 heteroatoms. The van der Waals surface area contributed by atoms with Crippen LogP contribution in [0.1, 0.15) is 0 Å². The Hall–Kier alpha value is -1.62. The van der Waals surface area contributed by atoms with Crippen LogP contribution in [0.5, 0.6) is 5.88 Å². The molecule has 0 bridgehead atoms. The van der Waals surface area contributed by atoms with Crippen molar-refractivity contribution in [2.24, 2.45) is 0 Å². The van der Waals surface area contributed by atoms with E-state index in [0.717, 1.165) is 0 Å². The summed E-state index contributed by atoms with van der Waals surface area (Å²) >= 11 is 5.56. The number of pyridine rings is 1. The molecule has 0 aliphatic heterocycles. The van der Waals surface area contributed by atoms with Gasteiger partial charge in [0.1, 0.15) is 0 Å². The number of hydrogen-bond donors (Lipinski definition) is 2. The topological polar surface area (TPSA) is 78.9 Å². The second-order valence-corrected chi connectivity index (χ2v) is 2.84. The van der Waals surface area contributed by atoms with Gasteiger partial charge < -0.3 is 5.11 Å². The number of nitrogens with one attached hydrogen (secondary N) is 1. The fraction of sp³-hybridized carbons (Fsp3) is 0. The molecule has 2 rings (SSSR count). The third-order valence-electron chi connectivity index (χ3n) is 1.55. The van der Waals surface area contributed by atoms with Gasteiger partial charge in [-0.2, -0.15) is 0 Å². The summed E-state index contributed by atoms with van der Waals surface area (Å²) in [6.07, 6.45) is 0. The molecule has 0 aliphatic rings. The van der Waals surface area contributed by atoms with Crippen molar-refractivity contribution in [2.45, 2.75) is 0 Å². The van der Waals surface area contributed by atoms with Crippen LogP contribution in [0.15, 0.2) is 16.9 Å². The largest absolute Gasteiger partial charge is 0.493 e. The minimum Gasteiger partial charge on any atom is -0.493 e. The van der Waals surface area contributed by atoms with E-state index in [2.05, 4.69) is 15.2 Å². The van der Waals surface area contributed by atoms with Crippen LogP contribution in [0.3, 0.4) is 0 Å². The van der Waals surface area contributed by atoms with Crippen LogP contribution in [-0.4, -0.2) is 20.3 Å². The molecule has 0 saturated heterocycles. The van der Waals surface area contributed by atoms with E-state index in [0.29, 0.717) is 5.39 Å². The Morgan fingerprint density at radius 2 is 2.15 bits per heavy atom. The molecule has 66 valence electrons. The highest BCUT2D eigenvalue weighted by atomic mass is 35.5. The second kappa shape index (κ2) is 2.70. The van der Waals surface area contributed by atoms with E-state index >= 15 is 0 Å². The standard InChI is InChI=1S/C7H4ClN3O2/c8-4-1-3-2-5(12)9-7(13)6(3)11-10-4/h1-2H,(H2,9,12,13). The van der Waals surface area contributed by atoms with E-state index in [1.165, 1.54) is 12.1 Å². The number of aromatic nitrogens is 3. The fourth-order valence-electron chi connectivity index (χ4n) is 1.03. The number of aromatic amines is 1. The van der Waals surface area contributed by atoms with Gasteiger partial charge >= 0.3 is 0 Å². The molecule has 0 amide bonds. The highest BCUT2D eigenvalue weighted by molar-refractivity contribution is 6.29. The van der Waals surface area contributed by atoms with E-state index in [9.17, 15) is 9.90 Å². The maximum Gasteiger partial charge on any atom is 0.251 e. The summed E-state index contributed by atoms with van der Waals surface area (Å²) in [7, 11) is 0. The van der Waals surface area contributed by atoms with Gasteiger partial charge in [0.25, 0.3) is 5.56 Å². The molecule has 0 aliphatic carbocycles. The first kappa shape index (κ1) is 8.00. The summed E-state index contributed by atoms with van der Waals surface area (Å²) in [6.45, 7) is 0. The van der Waals surface area contributed by atoms with Gasteiger partial charge in [0, 0.05) is 11.5 Å². The number of rotatable bonds is 0. The molecule has 2 N–H and O–H groups in total. The van der Waals surface area contributed by atoms with Gasteiger partial charge in [0.15, 0.2) is 10.7 Å². The summed E-state index contributed by atoms with van der Waals surface area (Å²) in [5.41, 5.74) is -0.182. The Labute approximate surface area is 77.0 Å². The summed E-state index contributed by atoms with van der Waals surface area (Å²) in [5.74, 6) is -0.299. The minimum atomic E-state index is -0.408. The maximum atomic E-state index is 10.9. The van der Waals surface area contributed by atoms with Gasteiger partial charge in [-0.1, -0.05) is 11.6 Å². The average Bonchev–Trinajstić information content (AvgIpc) is 2.02. The third-order valence-corrected chi connectivity index (χ3v) is 1.73. The first-order valence-corrected chi connectivity index (χ1v) is 3.80. The minimum absolute atomic E-state index is 0.178. The Morgan fingerprint density at radius 1 is 1.38 bits per heavy atom. The lowest BCUT2D eigenvalue weighted by molar-refractivity contribution is 0.457. The van der Waals surface area contributed by atoms with Crippen LogP contribution < -0.4 is 5.56 Å². The van der Waals surface area contributed by atoms with Crippen molar-refractivity contribution >= 4 is 22.5 Å². The molecule has 5 nitrogen and oxygen atoms in total. The third kappa shape index (κ3) is 1.33. The van der Waals surface area contributed by atoms with Crippen molar-refractivity contribution in [1.29, 1.82) is 0 Å². The van der Waals surface area contributed by atoms with Gasteiger partial charge in [-0.05, 0) is 6.07 Å². The molecule has 0 unspecified atom stereocenters. The SMILES string of the molecule is O=c1cc2cc(Cl)nnc2c(O)[nH]1. The van der Waals surface area contributed by atoms with Crippen molar-refractivity contribution in [1.82, 2.24) is 15.2 Å². The predicted molar refractivity (Wildman–Crippen MR) is 46.8 cm³/mol. The lowest BCUT2D eigenvalue weighted by Gasteiger charge is -1.97.